The minimum atomic E-state index is -0.0816. The van der Waals surface area contributed by atoms with Crippen molar-refractivity contribution in [3.63, 3.8) is 0 Å². The first-order valence-corrected chi connectivity index (χ1v) is 7.02. The molecule has 0 bridgehead atoms. The number of ketones is 1. The highest BCUT2D eigenvalue weighted by molar-refractivity contribution is 9.10. The van der Waals surface area contributed by atoms with Crippen LogP contribution in [0.15, 0.2) is 41.0 Å². The molecule has 0 saturated heterocycles. The number of aromatic nitrogens is 2. The summed E-state index contributed by atoms with van der Waals surface area (Å²) in [6, 6.07) is 7.07. The summed E-state index contributed by atoms with van der Waals surface area (Å²) in [6.45, 7) is 2.80. The molecule has 104 valence electrons. The summed E-state index contributed by atoms with van der Waals surface area (Å²) >= 11 is 3.42. The zero-order chi connectivity index (χ0) is 14.5. The molecule has 0 spiro atoms. The first-order valence-electron chi connectivity index (χ1n) is 6.23. The van der Waals surface area contributed by atoms with Gasteiger partial charge in [0.05, 0.1) is 17.3 Å². The van der Waals surface area contributed by atoms with Gasteiger partial charge >= 0.3 is 0 Å². The topological polar surface area (TPSA) is 44.1 Å². The Bertz CT molecular complexity index is 647. The molecule has 4 nitrogen and oxygen atoms in total. The number of carbonyl (C=O) groups is 1. The third-order valence-corrected chi connectivity index (χ3v) is 3.43. The molecule has 1 aromatic carbocycles. The number of benzene rings is 1. The van der Waals surface area contributed by atoms with E-state index in [0.29, 0.717) is 11.3 Å². The van der Waals surface area contributed by atoms with E-state index in [-0.39, 0.29) is 5.78 Å². The predicted molar refractivity (Wildman–Crippen MR) is 82.0 cm³/mol. The lowest BCUT2D eigenvalue weighted by molar-refractivity contribution is 0.104. The first-order chi connectivity index (χ1) is 9.63. The van der Waals surface area contributed by atoms with Crippen LogP contribution in [-0.2, 0) is 6.54 Å². The molecule has 5 heteroatoms. The van der Waals surface area contributed by atoms with Crippen molar-refractivity contribution in [2.45, 2.75) is 13.5 Å². The van der Waals surface area contributed by atoms with E-state index in [2.05, 4.69) is 21.0 Å². The molecule has 0 saturated carbocycles. The lowest BCUT2D eigenvalue weighted by Gasteiger charge is -2.00. The van der Waals surface area contributed by atoms with E-state index in [4.69, 9.17) is 4.74 Å². The standard InChI is InChI=1S/C15H15BrN2O2/c1-3-18-10-13(16)14(17-18)7-8-15(19)11-5-4-6-12(9-11)20-2/h4-10H,3H2,1-2H3/b8-7+. The molecule has 20 heavy (non-hydrogen) atoms. The fourth-order valence-corrected chi connectivity index (χ4v) is 2.16. The molecular formula is C15H15BrN2O2. The summed E-state index contributed by atoms with van der Waals surface area (Å²) in [5.74, 6) is 0.586. The van der Waals surface area contributed by atoms with Gasteiger partial charge in [-0.1, -0.05) is 12.1 Å². The van der Waals surface area contributed by atoms with E-state index in [0.717, 1.165) is 16.7 Å². The maximum Gasteiger partial charge on any atom is 0.186 e. The molecule has 0 aliphatic rings. The van der Waals surface area contributed by atoms with Crippen molar-refractivity contribution in [2.75, 3.05) is 7.11 Å². The number of hydrogen-bond acceptors (Lipinski definition) is 3. The largest absolute Gasteiger partial charge is 0.497 e. The highest BCUT2D eigenvalue weighted by Crippen LogP contribution is 2.17. The number of carbonyl (C=O) groups excluding carboxylic acids is 1. The fourth-order valence-electron chi connectivity index (χ4n) is 1.71. The van der Waals surface area contributed by atoms with Gasteiger partial charge < -0.3 is 4.74 Å². The third-order valence-electron chi connectivity index (χ3n) is 2.81. The predicted octanol–water partition coefficient (Wildman–Crippen LogP) is 3.57. The summed E-state index contributed by atoms with van der Waals surface area (Å²) in [4.78, 5) is 12.1. The third kappa shape index (κ3) is 3.36. The van der Waals surface area contributed by atoms with Crippen LogP contribution in [0.4, 0.5) is 0 Å². The second-order valence-corrected chi connectivity index (χ2v) is 5.00. The van der Waals surface area contributed by atoms with Gasteiger partial charge in [-0.25, -0.2) is 0 Å². The van der Waals surface area contributed by atoms with Gasteiger partial charge in [0.1, 0.15) is 5.75 Å². The molecule has 1 aromatic heterocycles. The molecule has 0 atom stereocenters. The Hall–Kier alpha value is -1.88. The quantitative estimate of drug-likeness (QED) is 0.620. The molecular weight excluding hydrogens is 320 g/mol. The van der Waals surface area contributed by atoms with Crippen molar-refractivity contribution in [1.82, 2.24) is 9.78 Å². The van der Waals surface area contributed by atoms with E-state index in [1.54, 1.807) is 42.1 Å². The smallest absolute Gasteiger partial charge is 0.186 e. The number of ether oxygens (including phenoxy) is 1. The number of nitrogens with zero attached hydrogens (tertiary/aromatic N) is 2. The lowest BCUT2D eigenvalue weighted by Crippen LogP contribution is -1.96. The Kier molecular flexibility index (Phi) is 4.74. The van der Waals surface area contributed by atoms with Crippen molar-refractivity contribution in [1.29, 1.82) is 0 Å². The normalized spacial score (nSPS) is 10.9. The molecule has 0 unspecified atom stereocenters. The average Bonchev–Trinajstić information content (AvgIpc) is 2.85. The Labute approximate surface area is 126 Å². The van der Waals surface area contributed by atoms with Crippen LogP contribution in [0.25, 0.3) is 6.08 Å². The van der Waals surface area contributed by atoms with Crippen LogP contribution in [0.3, 0.4) is 0 Å². The minimum absolute atomic E-state index is 0.0816. The van der Waals surface area contributed by atoms with Crippen LogP contribution in [-0.4, -0.2) is 22.7 Å². The number of rotatable bonds is 5. The van der Waals surface area contributed by atoms with Crippen molar-refractivity contribution < 1.29 is 9.53 Å². The number of methoxy groups -OCH3 is 1. The fraction of sp³-hybridized carbons (Fsp3) is 0.200. The van der Waals surface area contributed by atoms with Crippen LogP contribution in [0.5, 0.6) is 5.75 Å². The number of aryl methyl sites for hydroxylation is 1. The number of halogens is 1. The average molecular weight is 335 g/mol. The summed E-state index contributed by atoms with van der Waals surface area (Å²) in [5, 5.41) is 4.33. The van der Waals surface area contributed by atoms with Crippen LogP contribution in [0.1, 0.15) is 23.0 Å². The Balaban J connectivity index is 2.17. The Morgan fingerprint density at radius 1 is 1.50 bits per heavy atom. The maximum absolute atomic E-state index is 12.1. The van der Waals surface area contributed by atoms with Gasteiger partial charge in [0.25, 0.3) is 0 Å². The van der Waals surface area contributed by atoms with Gasteiger partial charge in [0.2, 0.25) is 0 Å². The van der Waals surface area contributed by atoms with Gasteiger partial charge in [-0.3, -0.25) is 9.48 Å². The monoisotopic (exact) mass is 334 g/mol. The lowest BCUT2D eigenvalue weighted by atomic mass is 10.1. The molecule has 2 aromatic rings. The first kappa shape index (κ1) is 14.5. The van der Waals surface area contributed by atoms with Gasteiger partial charge in [-0.2, -0.15) is 5.10 Å². The van der Waals surface area contributed by atoms with Crippen LogP contribution in [0, 0.1) is 0 Å². The number of hydrogen-bond donors (Lipinski definition) is 0. The van der Waals surface area contributed by atoms with Crippen molar-refractivity contribution in [2.24, 2.45) is 0 Å². The zero-order valence-electron chi connectivity index (χ0n) is 11.3. The van der Waals surface area contributed by atoms with E-state index in [9.17, 15) is 4.79 Å². The summed E-state index contributed by atoms with van der Waals surface area (Å²) < 4.78 is 7.78. The summed E-state index contributed by atoms with van der Waals surface area (Å²) in [7, 11) is 1.58. The van der Waals surface area contributed by atoms with Gasteiger partial charge in [0.15, 0.2) is 5.78 Å². The second kappa shape index (κ2) is 6.52. The second-order valence-electron chi connectivity index (χ2n) is 4.15. The molecule has 0 amide bonds. The molecule has 0 aliphatic carbocycles. The molecule has 0 N–H and O–H groups in total. The van der Waals surface area contributed by atoms with E-state index in [1.165, 1.54) is 6.08 Å². The minimum Gasteiger partial charge on any atom is -0.497 e. The highest BCUT2D eigenvalue weighted by Gasteiger charge is 2.05. The van der Waals surface area contributed by atoms with Crippen molar-refractivity contribution in [3.8, 4) is 5.75 Å². The molecule has 0 radical (unpaired) electrons. The Morgan fingerprint density at radius 3 is 2.95 bits per heavy atom. The van der Waals surface area contributed by atoms with E-state index in [1.807, 2.05) is 13.1 Å². The van der Waals surface area contributed by atoms with Crippen LogP contribution >= 0.6 is 15.9 Å². The SMILES string of the molecule is CCn1cc(Br)c(/C=C/C(=O)c2cccc(OC)c2)n1. The summed E-state index contributed by atoms with van der Waals surface area (Å²) in [5.41, 5.74) is 1.33. The maximum atomic E-state index is 12.1. The molecule has 0 aliphatic heterocycles. The summed E-state index contributed by atoms with van der Waals surface area (Å²) in [6.07, 6.45) is 5.11. The zero-order valence-corrected chi connectivity index (χ0v) is 12.9. The van der Waals surface area contributed by atoms with Gasteiger partial charge in [0, 0.05) is 18.3 Å². The van der Waals surface area contributed by atoms with Crippen LogP contribution in [0.2, 0.25) is 0 Å². The molecule has 2 rings (SSSR count). The van der Waals surface area contributed by atoms with E-state index >= 15 is 0 Å². The van der Waals surface area contributed by atoms with E-state index < -0.39 is 0 Å². The van der Waals surface area contributed by atoms with Crippen LogP contribution < -0.4 is 4.74 Å². The molecule has 1 heterocycles. The molecule has 0 fully saturated rings. The number of allylic oxidation sites excluding steroid dienone is 1. The highest BCUT2D eigenvalue weighted by atomic mass is 79.9. The Morgan fingerprint density at radius 2 is 2.30 bits per heavy atom. The van der Waals surface area contributed by atoms with Gasteiger partial charge in [-0.15, -0.1) is 0 Å². The van der Waals surface area contributed by atoms with Crippen molar-refractivity contribution in [3.05, 3.63) is 52.3 Å². The van der Waals surface area contributed by atoms with Crippen molar-refractivity contribution >= 4 is 27.8 Å². The van der Waals surface area contributed by atoms with Gasteiger partial charge in [-0.05, 0) is 47.1 Å².